The van der Waals surface area contributed by atoms with E-state index in [4.69, 9.17) is 27.9 Å². The summed E-state index contributed by atoms with van der Waals surface area (Å²) in [6.45, 7) is 8.09. The highest BCUT2D eigenvalue weighted by molar-refractivity contribution is 6.30. The molecule has 2 aromatic rings. The lowest BCUT2D eigenvalue weighted by molar-refractivity contribution is -0.161. The highest BCUT2D eigenvalue weighted by Crippen LogP contribution is 2.52. The summed E-state index contributed by atoms with van der Waals surface area (Å²) in [5, 5.41) is 10.9. The predicted octanol–water partition coefficient (Wildman–Crippen LogP) is 6.54. The Morgan fingerprint density at radius 3 is 2.32 bits per heavy atom. The van der Waals surface area contributed by atoms with Gasteiger partial charge in [-0.25, -0.2) is 4.79 Å². The molecule has 2 aliphatic heterocycles. The van der Waals surface area contributed by atoms with Gasteiger partial charge in [-0.05, 0) is 62.1 Å². The van der Waals surface area contributed by atoms with E-state index in [2.05, 4.69) is 0 Å². The fraction of sp³-hybridized carbons (Fsp3) is 0.483. The second-order valence-corrected chi connectivity index (χ2v) is 12.1. The van der Waals surface area contributed by atoms with Gasteiger partial charge in [0, 0.05) is 28.5 Å². The number of benzene rings is 2. The van der Waals surface area contributed by atoms with E-state index in [1.54, 1.807) is 30.0 Å². The number of carboxylic acids is 1. The number of aliphatic carboxylic acids is 1. The van der Waals surface area contributed by atoms with Gasteiger partial charge in [-0.3, -0.25) is 9.59 Å². The van der Waals surface area contributed by atoms with Crippen molar-refractivity contribution in [3.05, 3.63) is 69.7 Å². The maximum atomic E-state index is 14.3. The summed E-state index contributed by atoms with van der Waals surface area (Å²) in [6, 6.07) is 14.1. The Morgan fingerprint density at radius 1 is 1.08 bits per heavy atom. The van der Waals surface area contributed by atoms with E-state index < -0.39 is 29.1 Å². The lowest BCUT2D eigenvalue weighted by Crippen LogP contribution is -2.58. The largest absolute Gasteiger partial charge is 0.481 e. The number of rotatable bonds is 8. The molecule has 0 aliphatic carbocycles. The third-order valence-electron chi connectivity index (χ3n) is 7.62. The number of hydrogen-bond acceptors (Lipinski definition) is 4. The van der Waals surface area contributed by atoms with Gasteiger partial charge in [-0.15, -0.1) is 0 Å². The van der Waals surface area contributed by atoms with Gasteiger partial charge in [-0.2, -0.15) is 0 Å². The van der Waals surface area contributed by atoms with Crippen LogP contribution < -0.4 is 0 Å². The second-order valence-electron chi connectivity index (χ2n) is 11.3. The van der Waals surface area contributed by atoms with E-state index in [1.807, 2.05) is 56.0 Å². The maximum Gasteiger partial charge on any atom is 0.410 e. The zero-order chi connectivity index (χ0) is 27.8. The molecule has 2 heterocycles. The Bertz CT molecular complexity index is 1220. The average molecular weight is 562 g/mol. The molecular formula is C29H34Cl2N2O5. The minimum absolute atomic E-state index is 0.239. The van der Waals surface area contributed by atoms with Crippen LogP contribution >= 0.6 is 23.2 Å². The van der Waals surface area contributed by atoms with Crippen LogP contribution in [0.3, 0.4) is 0 Å². The van der Waals surface area contributed by atoms with Crippen molar-refractivity contribution in [2.24, 2.45) is 5.41 Å². The summed E-state index contributed by atoms with van der Waals surface area (Å²) in [6.07, 6.45) is 0.172. The molecule has 2 fully saturated rings. The highest BCUT2D eigenvalue weighted by Gasteiger charge is 2.53. The van der Waals surface area contributed by atoms with E-state index >= 15 is 0 Å². The Balaban J connectivity index is 1.86. The van der Waals surface area contributed by atoms with Gasteiger partial charge in [0.1, 0.15) is 5.60 Å². The topological polar surface area (TPSA) is 87.2 Å². The van der Waals surface area contributed by atoms with Gasteiger partial charge in [0.15, 0.2) is 0 Å². The number of hydrogen-bond donors (Lipinski definition) is 1. The Kier molecular flexibility index (Phi) is 8.01. The number of carbonyl (C=O) groups is 3. The molecule has 2 aromatic carbocycles. The lowest BCUT2D eigenvalue weighted by Gasteiger charge is -2.52. The zero-order valence-electron chi connectivity index (χ0n) is 22.1. The molecule has 2 aliphatic rings. The maximum absolute atomic E-state index is 14.3. The first-order chi connectivity index (χ1) is 17.8. The number of cyclic esters (lactones) is 1. The molecule has 2 amide bonds. The molecule has 204 valence electrons. The standard InChI is InChI=1S/C29H34Cl2N2O5/c1-5-22(16-32-17-28(2,3)38-27(32)37)33-25(18-9-11-20(30)12-10-18)23(19-7-6-8-21(31)13-19)14-29(4,26(33)36)15-24(34)35/h6-13,22-23,25H,5,14-17H2,1-4H3,(H,34,35)/t22?,23-,25-,29-/m1/s1. The summed E-state index contributed by atoms with van der Waals surface area (Å²) in [7, 11) is 0. The van der Waals surface area contributed by atoms with Crippen LogP contribution in [0, 0.1) is 5.41 Å². The molecule has 2 saturated heterocycles. The van der Waals surface area contributed by atoms with Crippen LogP contribution in [0.4, 0.5) is 4.79 Å². The van der Waals surface area contributed by atoms with Crippen molar-refractivity contribution < 1.29 is 24.2 Å². The molecule has 0 spiro atoms. The third-order valence-corrected chi connectivity index (χ3v) is 8.11. The molecule has 0 bridgehead atoms. The monoisotopic (exact) mass is 560 g/mol. The first-order valence-corrected chi connectivity index (χ1v) is 13.6. The lowest BCUT2D eigenvalue weighted by atomic mass is 9.67. The summed E-state index contributed by atoms with van der Waals surface area (Å²) in [5.74, 6) is -1.52. The van der Waals surface area contributed by atoms with E-state index in [0.717, 1.165) is 11.1 Å². The van der Waals surface area contributed by atoms with Gasteiger partial charge in [0.2, 0.25) is 5.91 Å². The molecule has 0 aromatic heterocycles. The van der Waals surface area contributed by atoms with Gasteiger partial charge < -0.3 is 19.6 Å². The van der Waals surface area contributed by atoms with E-state index in [0.29, 0.717) is 29.4 Å². The van der Waals surface area contributed by atoms with Crippen molar-refractivity contribution in [1.82, 2.24) is 9.80 Å². The van der Waals surface area contributed by atoms with Crippen LogP contribution in [0.1, 0.15) is 70.0 Å². The summed E-state index contributed by atoms with van der Waals surface area (Å²) < 4.78 is 5.52. The molecule has 9 heteroatoms. The Labute approximate surface area is 233 Å². The first-order valence-electron chi connectivity index (χ1n) is 12.9. The van der Waals surface area contributed by atoms with E-state index in [-0.39, 0.29) is 30.8 Å². The number of carboxylic acid groups (broad SMARTS) is 1. The molecule has 1 unspecified atom stereocenters. The summed E-state index contributed by atoms with van der Waals surface area (Å²) in [4.78, 5) is 42.4. The molecule has 0 saturated carbocycles. The van der Waals surface area contributed by atoms with E-state index in [9.17, 15) is 19.5 Å². The number of likely N-dealkylation sites (tertiary alicyclic amines) is 1. The molecule has 1 N–H and O–H groups in total. The molecule has 0 radical (unpaired) electrons. The van der Waals surface area contributed by atoms with Crippen LogP contribution in [-0.2, 0) is 14.3 Å². The summed E-state index contributed by atoms with van der Waals surface area (Å²) >= 11 is 12.6. The predicted molar refractivity (Wildman–Crippen MR) is 146 cm³/mol. The molecule has 38 heavy (non-hydrogen) atoms. The number of halogens is 2. The van der Waals surface area contributed by atoms with Gasteiger partial charge in [0.05, 0.1) is 24.4 Å². The SMILES string of the molecule is CCC(CN1CC(C)(C)OC1=O)N1C(=O)[C@@](C)(CC(=O)O)C[C@H](c2cccc(Cl)c2)[C@H]1c1ccc(Cl)cc1. The number of piperidine rings is 1. The van der Waals surface area contributed by atoms with Crippen molar-refractivity contribution in [2.75, 3.05) is 13.1 Å². The van der Waals surface area contributed by atoms with Crippen molar-refractivity contribution >= 4 is 41.2 Å². The van der Waals surface area contributed by atoms with Crippen LogP contribution in [0.15, 0.2) is 48.5 Å². The molecule has 4 rings (SSSR count). The van der Waals surface area contributed by atoms with Gasteiger partial charge in [0.25, 0.3) is 0 Å². The van der Waals surface area contributed by atoms with Crippen molar-refractivity contribution in [1.29, 1.82) is 0 Å². The van der Waals surface area contributed by atoms with Gasteiger partial charge >= 0.3 is 12.1 Å². The minimum Gasteiger partial charge on any atom is -0.481 e. The molecule has 7 nitrogen and oxygen atoms in total. The van der Waals surface area contributed by atoms with E-state index in [1.165, 1.54) is 0 Å². The Hall–Kier alpha value is -2.77. The van der Waals surface area contributed by atoms with Crippen LogP contribution in [-0.4, -0.2) is 57.6 Å². The zero-order valence-corrected chi connectivity index (χ0v) is 23.6. The quantitative estimate of drug-likeness (QED) is 0.396. The van der Waals surface area contributed by atoms with Crippen molar-refractivity contribution in [2.45, 2.75) is 70.6 Å². The van der Waals surface area contributed by atoms with Gasteiger partial charge in [-0.1, -0.05) is 61.3 Å². The number of amides is 2. The average Bonchev–Trinajstić information content (AvgIpc) is 3.10. The highest BCUT2D eigenvalue weighted by atomic mass is 35.5. The second kappa shape index (κ2) is 10.8. The smallest absolute Gasteiger partial charge is 0.410 e. The minimum atomic E-state index is -1.15. The Morgan fingerprint density at radius 2 is 1.76 bits per heavy atom. The van der Waals surface area contributed by atoms with Crippen LogP contribution in [0.2, 0.25) is 10.0 Å². The first kappa shape index (κ1) is 28.2. The summed E-state index contributed by atoms with van der Waals surface area (Å²) in [5.41, 5.74) is 0.0221. The normalized spacial score (nSPS) is 25.8. The fourth-order valence-electron chi connectivity index (χ4n) is 5.95. The number of nitrogens with zero attached hydrogens (tertiary/aromatic N) is 2. The fourth-order valence-corrected chi connectivity index (χ4v) is 6.27. The van der Waals surface area contributed by atoms with Crippen molar-refractivity contribution in [3.63, 3.8) is 0 Å². The molecular weight excluding hydrogens is 527 g/mol. The number of carbonyl (C=O) groups excluding carboxylic acids is 2. The van der Waals surface area contributed by atoms with Crippen LogP contribution in [0.25, 0.3) is 0 Å². The third kappa shape index (κ3) is 5.79. The van der Waals surface area contributed by atoms with Crippen molar-refractivity contribution in [3.8, 4) is 0 Å². The molecule has 4 atom stereocenters. The number of ether oxygens (including phenoxy) is 1. The van der Waals surface area contributed by atoms with Crippen LogP contribution in [0.5, 0.6) is 0 Å².